The SMILES string of the molecule is CN(Cc1ccccc1)C(=O)CS(=O)(=O)CC(=O)Nc1ccc(F)cc1. The van der Waals surface area contributed by atoms with E-state index in [1.54, 1.807) is 0 Å². The van der Waals surface area contributed by atoms with Crippen LogP contribution in [0.4, 0.5) is 10.1 Å². The quantitative estimate of drug-likeness (QED) is 0.797. The largest absolute Gasteiger partial charge is 0.341 e. The van der Waals surface area contributed by atoms with Crippen LogP contribution in [0, 0.1) is 5.82 Å². The molecule has 0 aliphatic heterocycles. The molecule has 0 bridgehead atoms. The van der Waals surface area contributed by atoms with E-state index in [1.165, 1.54) is 24.1 Å². The van der Waals surface area contributed by atoms with E-state index >= 15 is 0 Å². The third-order valence-corrected chi connectivity index (χ3v) is 4.90. The van der Waals surface area contributed by atoms with Crippen LogP contribution in [0.15, 0.2) is 54.6 Å². The maximum Gasteiger partial charge on any atom is 0.239 e. The van der Waals surface area contributed by atoms with Gasteiger partial charge in [-0.25, -0.2) is 12.8 Å². The fraction of sp³-hybridized carbons (Fsp3) is 0.222. The Hall–Kier alpha value is -2.74. The minimum Gasteiger partial charge on any atom is -0.341 e. The van der Waals surface area contributed by atoms with E-state index in [0.717, 1.165) is 17.7 Å². The zero-order chi connectivity index (χ0) is 19.2. The summed E-state index contributed by atoms with van der Waals surface area (Å²) in [5.41, 5.74) is 1.15. The van der Waals surface area contributed by atoms with Gasteiger partial charge >= 0.3 is 0 Å². The normalized spacial score (nSPS) is 11.0. The molecule has 0 aliphatic carbocycles. The van der Waals surface area contributed by atoms with Crippen molar-refractivity contribution in [3.05, 3.63) is 66.0 Å². The van der Waals surface area contributed by atoms with Gasteiger partial charge in [0.2, 0.25) is 11.8 Å². The van der Waals surface area contributed by atoms with Gasteiger partial charge in [-0.05, 0) is 29.8 Å². The average Bonchev–Trinajstić information content (AvgIpc) is 2.56. The molecular formula is C18H19FN2O4S. The van der Waals surface area contributed by atoms with Gasteiger partial charge in [0.05, 0.1) is 0 Å². The summed E-state index contributed by atoms with van der Waals surface area (Å²) >= 11 is 0. The highest BCUT2D eigenvalue weighted by Gasteiger charge is 2.23. The minimum atomic E-state index is -3.92. The van der Waals surface area contributed by atoms with Gasteiger partial charge < -0.3 is 10.2 Å². The maximum absolute atomic E-state index is 12.8. The number of carbonyl (C=O) groups is 2. The summed E-state index contributed by atoms with van der Waals surface area (Å²) in [7, 11) is -2.42. The second-order valence-corrected chi connectivity index (χ2v) is 7.89. The van der Waals surface area contributed by atoms with E-state index in [9.17, 15) is 22.4 Å². The van der Waals surface area contributed by atoms with Crippen molar-refractivity contribution in [1.82, 2.24) is 4.90 Å². The van der Waals surface area contributed by atoms with Crippen molar-refractivity contribution in [3.8, 4) is 0 Å². The maximum atomic E-state index is 12.8. The van der Waals surface area contributed by atoms with E-state index in [-0.39, 0.29) is 12.2 Å². The van der Waals surface area contributed by atoms with Crippen LogP contribution in [-0.4, -0.2) is 43.7 Å². The molecule has 0 saturated heterocycles. The molecule has 26 heavy (non-hydrogen) atoms. The topological polar surface area (TPSA) is 83.6 Å². The number of hydrogen-bond acceptors (Lipinski definition) is 4. The molecular weight excluding hydrogens is 359 g/mol. The third kappa shape index (κ3) is 6.29. The fourth-order valence-electron chi connectivity index (χ4n) is 2.22. The van der Waals surface area contributed by atoms with Crippen LogP contribution in [0.5, 0.6) is 0 Å². The van der Waals surface area contributed by atoms with Gasteiger partial charge in [0.15, 0.2) is 9.84 Å². The van der Waals surface area contributed by atoms with Crippen LogP contribution >= 0.6 is 0 Å². The van der Waals surface area contributed by atoms with Gasteiger partial charge in [0.25, 0.3) is 0 Å². The van der Waals surface area contributed by atoms with Crippen LogP contribution in [0.3, 0.4) is 0 Å². The van der Waals surface area contributed by atoms with E-state index in [2.05, 4.69) is 5.32 Å². The first-order chi connectivity index (χ1) is 12.2. The third-order valence-electron chi connectivity index (χ3n) is 3.51. The van der Waals surface area contributed by atoms with Crippen molar-refractivity contribution >= 4 is 27.3 Å². The summed E-state index contributed by atoms with van der Waals surface area (Å²) in [4.78, 5) is 25.3. The fourth-order valence-corrected chi connectivity index (χ4v) is 3.40. The van der Waals surface area contributed by atoms with Crippen LogP contribution in [0.1, 0.15) is 5.56 Å². The van der Waals surface area contributed by atoms with Crippen LogP contribution < -0.4 is 5.32 Å². The Labute approximate surface area is 151 Å². The highest BCUT2D eigenvalue weighted by Crippen LogP contribution is 2.09. The summed E-state index contributed by atoms with van der Waals surface area (Å²) in [6, 6.07) is 14.1. The number of sulfone groups is 1. The van der Waals surface area contributed by atoms with Gasteiger partial charge in [-0.2, -0.15) is 0 Å². The number of rotatable bonds is 7. The predicted molar refractivity (Wildman–Crippen MR) is 96.6 cm³/mol. The lowest BCUT2D eigenvalue weighted by Gasteiger charge is -2.17. The zero-order valence-electron chi connectivity index (χ0n) is 14.2. The minimum absolute atomic E-state index is 0.275. The Morgan fingerprint density at radius 1 is 1.00 bits per heavy atom. The van der Waals surface area contributed by atoms with Gasteiger partial charge in [-0.15, -0.1) is 0 Å². The molecule has 0 heterocycles. The number of anilines is 1. The molecule has 138 valence electrons. The van der Waals surface area contributed by atoms with Crippen molar-refractivity contribution in [3.63, 3.8) is 0 Å². The number of carbonyl (C=O) groups excluding carboxylic acids is 2. The summed E-state index contributed by atoms with van der Waals surface area (Å²) in [5.74, 6) is -3.43. The molecule has 2 amide bonds. The molecule has 0 atom stereocenters. The number of amides is 2. The molecule has 0 saturated carbocycles. The lowest BCUT2D eigenvalue weighted by atomic mass is 10.2. The summed E-state index contributed by atoms with van der Waals surface area (Å²) in [6.45, 7) is 0.275. The molecule has 2 aromatic rings. The molecule has 8 heteroatoms. The first-order valence-electron chi connectivity index (χ1n) is 7.79. The molecule has 0 aliphatic rings. The molecule has 0 radical (unpaired) electrons. The monoisotopic (exact) mass is 378 g/mol. The Balaban J connectivity index is 1.89. The average molecular weight is 378 g/mol. The van der Waals surface area contributed by atoms with E-state index < -0.39 is 39.0 Å². The molecule has 2 rings (SSSR count). The predicted octanol–water partition coefficient (Wildman–Crippen LogP) is 1.84. The first-order valence-corrected chi connectivity index (χ1v) is 9.61. The van der Waals surface area contributed by atoms with Gasteiger partial charge in [-0.3, -0.25) is 9.59 Å². The Bertz CT molecular complexity index is 868. The molecule has 1 N–H and O–H groups in total. The molecule has 0 unspecified atom stereocenters. The Morgan fingerprint density at radius 3 is 2.23 bits per heavy atom. The summed E-state index contributed by atoms with van der Waals surface area (Å²) in [6.07, 6.45) is 0. The van der Waals surface area contributed by atoms with E-state index in [0.29, 0.717) is 0 Å². The lowest BCUT2D eigenvalue weighted by Crippen LogP contribution is -2.35. The van der Waals surface area contributed by atoms with Gasteiger partial charge in [0.1, 0.15) is 17.3 Å². The number of halogens is 1. The van der Waals surface area contributed by atoms with Crippen LogP contribution in [-0.2, 0) is 26.0 Å². The van der Waals surface area contributed by atoms with Crippen LogP contribution in [0.25, 0.3) is 0 Å². The van der Waals surface area contributed by atoms with Crippen molar-refractivity contribution in [2.75, 3.05) is 23.9 Å². The van der Waals surface area contributed by atoms with Gasteiger partial charge in [0, 0.05) is 19.3 Å². The first kappa shape index (κ1) is 19.6. The molecule has 0 spiro atoms. The second kappa shape index (κ2) is 8.57. The van der Waals surface area contributed by atoms with Crippen molar-refractivity contribution in [1.29, 1.82) is 0 Å². The second-order valence-electron chi connectivity index (χ2n) is 5.82. The zero-order valence-corrected chi connectivity index (χ0v) is 15.0. The number of nitrogens with one attached hydrogen (secondary N) is 1. The van der Waals surface area contributed by atoms with Crippen molar-refractivity contribution in [2.45, 2.75) is 6.54 Å². The molecule has 2 aromatic carbocycles. The van der Waals surface area contributed by atoms with Crippen LogP contribution in [0.2, 0.25) is 0 Å². The number of hydrogen-bond donors (Lipinski definition) is 1. The Morgan fingerprint density at radius 2 is 1.62 bits per heavy atom. The summed E-state index contributed by atoms with van der Waals surface area (Å²) < 4.78 is 37.0. The highest BCUT2D eigenvalue weighted by molar-refractivity contribution is 7.92. The number of benzene rings is 2. The van der Waals surface area contributed by atoms with E-state index in [1.807, 2.05) is 30.3 Å². The lowest BCUT2D eigenvalue weighted by molar-refractivity contribution is -0.127. The molecule has 6 nitrogen and oxygen atoms in total. The molecule has 0 fully saturated rings. The van der Waals surface area contributed by atoms with E-state index in [4.69, 9.17) is 0 Å². The van der Waals surface area contributed by atoms with Crippen molar-refractivity contribution in [2.24, 2.45) is 0 Å². The highest BCUT2D eigenvalue weighted by atomic mass is 32.2. The Kier molecular flexibility index (Phi) is 6.46. The number of nitrogens with zero attached hydrogens (tertiary/aromatic N) is 1. The van der Waals surface area contributed by atoms with Gasteiger partial charge in [-0.1, -0.05) is 30.3 Å². The smallest absolute Gasteiger partial charge is 0.239 e. The molecule has 0 aromatic heterocycles. The standard InChI is InChI=1S/C18H19FN2O4S/c1-21(11-14-5-3-2-4-6-14)18(23)13-26(24,25)12-17(22)20-16-9-7-15(19)8-10-16/h2-10H,11-13H2,1H3,(H,20,22). The van der Waals surface area contributed by atoms with Crippen molar-refractivity contribution < 1.29 is 22.4 Å². The summed E-state index contributed by atoms with van der Waals surface area (Å²) in [5, 5.41) is 2.36.